The second-order valence-corrected chi connectivity index (χ2v) is 7.36. The lowest BCUT2D eigenvalue weighted by Gasteiger charge is -2.26. The Hall–Kier alpha value is -2.37. The molecule has 3 rings (SSSR count). The Morgan fingerprint density at radius 1 is 1.00 bits per heavy atom. The molecule has 0 bridgehead atoms. The molecule has 1 atom stereocenters. The van der Waals surface area contributed by atoms with Gasteiger partial charge in [0.15, 0.2) is 0 Å². The van der Waals surface area contributed by atoms with Gasteiger partial charge < -0.3 is 19.6 Å². The number of fused-ring (bicyclic) bond motifs is 2. The van der Waals surface area contributed by atoms with Gasteiger partial charge in [0.1, 0.15) is 17.4 Å². The van der Waals surface area contributed by atoms with Gasteiger partial charge in [0.25, 0.3) is 0 Å². The second kappa shape index (κ2) is 9.22. The van der Waals surface area contributed by atoms with Crippen LogP contribution in [0.1, 0.15) is 36.5 Å². The molecule has 1 unspecified atom stereocenters. The third-order valence-corrected chi connectivity index (χ3v) is 5.56. The van der Waals surface area contributed by atoms with Gasteiger partial charge in [0, 0.05) is 30.8 Å². The third-order valence-electron chi connectivity index (χ3n) is 5.56. The number of hydrogen-bond donors (Lipinski definition) is 1. The van der Waals surface area contributed by atoms with Crippen molar-refractivity contribution < 1.29 is 14.6 Å². The molecule has 1 heterocycles. The fourth-order valence-electron chi connectivity index (χ4n) is 3.72. The summed E-state index contributed by atoms with van der Waals surface area (Å²) >= 11 is 0. The van der Waals surface area contributed by atoms with Gasteiger partial charge in [0.05, 0.1) is 0 Å². The Morgan fingerprint density at radius 3 is 2.43 bits per heavy atom. The van der Waals surface area contributed by atoms with E-state index in [1.54, 1.807) is 0 Å². The number of aliphatic carboxylic acids is 1. The van der Waals surface area contributed by atoms with Crippen LogP contribution in [0, 0.1) is 0 Å². The molecule has 28 heavy (non-hydrogen) atoms. The van der Waals surface area contributed by atoms with Crippen LogP contribution < -0.4 is 4.74 Å². The maximum atomic E-state index is 12.0. The molecule has 0 aromatic heterocycles. The molecule has 1 N–H and O–H groups in total. The van der Waals surface area contributed by atoms with Gasteiger partial charge in [-0.1, -0.05) is 44.2 Å². The van der Waals surface area contributed by atoms with Crippen molar-refractivity contribution in [1.82, 2.24) is 9.80 Å². The van der Waals surface area contributed by atoms with Gasteiger partial charge >= 0.3 is 5.97 Å². The van der Waals surface area contributed by atoms with Crippen LogP contribution in [0.25, 0.3) is 0 Å². The van der Waals surface area contributed by atoms with Crippen LogP contribution in [0.15, 0.2) is 42.5 Å². The third kappa shape index (κ3) is 4.54. The quantitative estimate of drug-likeness (QED) is 0.714. The number of para-hydroxylation sites is 1. The summed E-state index contributed by atoms with van der Waals surface area (Å²) in [5, 5.41) is 9.84. The van der Waals surface area contributed by atoms with Gasteiger partial charge in [-0.05, 0) is 44.3 Å². The number of rotatable bonds is 9. The molecule has 1 aliphatic rings. The first-order valence-electron chi connectivity index (χ1n) is 10.1. The van der Waals surface area contributed by atoms with Gasteiger partial charge in [-0.2, -0.15) is 0 Å². The summed E-state index contributed by atoms with van der Waals surface area (Å²) in [5.41, 5.74) is 2.60. The summed E-state index contributed by atoms with van der Waals surface area (Å²) in [7, 11) is 2.14. The highest BCUT2D eigenvalue weighted by atomic mass is 16.5. The van der Waals surface area contributed by atoms with E-state index < -0.39 is 11.9 Å². The molecular weight excluding hydrogens is 352 g/mol. The lowest BCUT2D eigenvalue weighted by atomic mass is 9.87. The highest BCUT2D eigenvalue weighted by molar-refractivity contribution is 5.84. The minimum absolute atomic E-state index is 0.631. The predicted molar refractivity (Wildman–Crippen MR) is 111 cm³/mol. The van der Waals surface area contributed by atoms with E-state index in [-0.39, 0.29) is 0 Å². The van der Waals surface area contributed by atoms with Crippen LogP contribution in [-0.4, -0.2) is 60.6 Å². The van der Waals surface area contributed by atoms with Crippen LogP contribution >= 0.6 is 0 Å². The topological polar surface area (TPSA) is 53.0 Å². The molecule has 150 valence electrons. The Kier molecular flexibility index (Phi) is 6.70. The molecule has 0 spiro atoms. The molecule has 5 heteroatoms. The maximum absolute atomic E-state index is 12.0. The molecule has 2 aromatic carbocycles. The summed E-state index contributed by atoms with van der Waals surface area (Å²) in [6, 6.07) is 13.3. The molecule has 0 saturated carbocycles. The molecule has 0 saturated heterocycles. The SMILES string of the molecule is CCN(CC)CCN(C)CCc1ccc2c(c1)C(C(=O)O)c1ccccc1O2. The Balaban J connectivity index is 1.70. The lowest BCUT2D eigenvalue weighted by Crippen LogP contribution is -2.34. The van der Waals surface area contributed by atoms with Crippen LogP contribution in [0.5, 0.6) is 11.5 Å². The minimum atomic E-state index is -0.842. The average molecular weight is 383 g/mol. The summed E-state index contributed by atoms with van der Waals surface area (Å²) in [6.07, 6.45) is 0.885. The van der Waals surface area contributed by atoms with Crippen LogP contribution in [0.2, 0.25) is 0 Å². The van der Waals surface area contributed by atoms with Crippen molar-refractivity contribution in [2.45, 2.75) is 26.2 Å². The van der Waals surface area contributed by atoms with Crippen molar-refractivity contribution in [1.29, 1.82) is 0 Å². The van der Waals surface area contributed by atoms with E-state index in [0.717, 1.165) is 55.8 Å². The van der Waals surface area contributed by atoms with Crippen molar-refractivity contribution >= 4 is 5.97 Å². The van der Waals surface area contributed by atoms with E-state index in [4.69, 9.17) is 4.74 Å². The average Bonchev–Trinajstić information content (AvgIpc) is 2.70. The number of likely N-dealkylation sites (N-methyl/N-ethyl adjacent to an activating group) is 2. The number of carboxylic acid groups (broad SMARTS) is 1. The van der Waals surface area contributed by atoms with Crippen molar-refractivity contribution in [3.05, 3.63) is 59.2 Å². The van der Waals surface area contributed by atoms with E-state index in [0.29, 0.717) is 11.5 Å². The van der Waals surface area contributed by atoms with E-state index in [9.17, 15) is 9.90 Å². The monoisotopic (exact) mass is 382 g/mol. The number of carboxylic acids is 1. The second-order valence-electron chi connectivity index (χ2n) is 7.36. The lowest BCUT2D eigenvalue weighted by molar-refractivity contribution is -0.137. The summed E-state index contributed by atoms with van der Waals surface area (Å²) in [6.45, 7) is 9.57. The first-order chi connectivity index (χ1) is 13.5. The molecule has 0 fully saturated rings. The number of hydrogen-bond acceptors (Lipinski definition) is 4. The standard InChI is InChI=1S/C23H30N2O3/c1-4-25(5-2)15-14-24(3)13-12-17-10-11-21-19(16-17)22(23(26)27)18-8-6-7-9-20(18)28-21/h6-11,16,22H,4-5,12-15H2,1-3H3,(H,26,27). The molecule has 5 nitrogen and oxygen atoms in total. The Labute approximate surface area is 167 Å². The molecule has 1 aliphatic heterocycles. The normalized spacial score (nSPS) is 15.2. The highest BCUT2D eigenvalue weighted by Crippen LogP contribution is 2.44. The maximum Gasteiger partial charge on any atom is 0.315 e. The van der Waals surface area contributed by atoms with Crippen LogP contribution in [0.3, 0.4) is 0 Å². The van der Waals surface area contributed by atoms with Gasteiger partial charge in [-0.25, -0.2) is 0 Å². The van der Waals surface area contributed by atoms with Crippen molar-refractivity contribution in [2.75, 3.05) is 39.8 Å². The molecule has 0 amide bonds. The summed E-state index contributed by atoms with van der Waals surface area (Å²) in [5.74, 6) is -0.248. The molecule has 0 aliphatic carbocycles. The summed E-state index contributed by atoms with van der Waals surface area (Å²) < 4.78 is 5.95. The first-order valence-corrected chi connectivity index (χ1v) is 10.1. The van der Waals surface area contributed by atoms with Crippen molar-refractivity contribution in [3.8, 4) is 11.5 Å². The predicted octanol–water partition coefficient (Wildman–Crippen LogP) is 3.82. The summed E-state index contributed by atoms with van der Waals surface area (Å²) in [4.78, 5) is 16.7. The number of carbonyl (C=O) groups is 1. The van der Waals surface area contributed by atoms with E-state index in [1.165, 1.54) is 0 Å². The Morgan fingerprint density at radius 2 is 1.71 bits per heavy atom. The molecule has 2 aromatic rings. The fraction of sp³-hybridized carbons (Fsp3) is 0.435. The van der Waals surface area contributed by atoms with Gasteiger partial charge in [0.2, 0.25) is 0 Å². The number of ether oxygens (including phenoxy) is 1. The number of nitrogens with zero attached hydrogens (tertiary/aromatic N) is 2. The van der Waals surface area contributed by atoms with Crippen molar-refractivity contribution in [3.63, 3.8) is 0 Å². The zero-order valence-electron chi connectivity index (χ0n) is 17.0. The number of benzene rings is 2. The highest BCUT2D eigenvalue weighted by Gasteiger charge is 2.32. The van der Waals surface area contributed by atoms with Crippen LogP contribution in [-0.2, 0) is 11.2 Å². The minimum Gasteiger partial charge on any atom is -0.481 e. The van der Waals surface area contributed by atoms with E-state index in [2.05, 4.69) is 30.7 Å². The largest absolute Gasteiger partial charge is 0.481 e. The Bertz CT molecular complexity index is 817. The van der Waals surface area contributed by atoms with Gasteiger partial charge in [-0.3, -0.25) is 4.79 Å². The zero-order chi connectivity index (χ0) is 20.1. The van der Waals surface area contributed by atoms with E-state index in [1.807, 2.05) is 42.5 Å². The fourth-order valence-corrected chi connectivity index (χ4v) is 3.72. The van der Waals surface area contributed by atoms with Gasteiger partial charge in [-0.15, -0.1) is 0 Å². The smallest absolute Gasteiger partial charge is 0.315 e. The first kappa shape index (κ1) is 20.4. The molecule has 0 radical (unpaired) electrons. The van der Waals surface area contributed by atoms with Crippen LogP contribution in [0.4, 0.5) is 0 Å². The van der Waals surface area contributed by atoms with E-state index >= 15 is 0 Å². The zero-order valence-corrected chi connectivity index (χ0v) is 17.0. The molecular formula is C23H30N2O3. The van der Waals surface area contributed by atoms with Crippen molar-refractivity contribution in [2.24, 2.45) is 0 Å².